The van der Waals surface area contributed by atoms with E-state index < -0.39 is 6.43 Å². The van der Waals surface area contributed by atoms with E-state index in [1.165, 1.54) is 12.1 Å². The molecule has 1 aromatic carbocycles. The largest absolute Gasteiger partial charge is 0.324 e. The van der Waals surface area contributed by atoms with Crippen molar-refractivity contribution < 1.29 is 8.78 Å². The van der Waals surface area contributed by atoms with Gasteiger partial charge in [0.1, 0.15) is 0 Å². The number of benzene rings is 1. The van der Waals surface area contributed by atoms with E-state index in [4.69, 9.17) is 5.84 Å². The summed E-state index contributed by atoms with van der Waals surface area (Å²) >= 11 is 1.96. The van der Waals surface area contributed by atoms with Gasteiger partial charge < -0.3 is 5.43 Å². The highest BCUT2D eigenvalue weighted by atomic mass is 127. The first-order valence-corrected chi connectivity index (χ1v) is 4.26. The fourth-order valence-electron chi connectivity index (χ4n) is 0.822. The Morgan fingerprint density at radius 3 is 2.50 bits per heavy atom. The zero-order valence-electron chi connectivity index (χ0n) is 6.02. The van der Waals surface area contributed by atoms with E-state index in [0.29, 0.717) is 5.69 Å². The predicted molar refractivity (Wildman–Crippen MR) is 51.9 cm³/mol. The molecule has 0 aliphatic rings. The van der Waals surface area contributed by atoms with E-state index >= 15 is 0 Å². The first kappa shape index (κ1) is 9.66. The van der Waals surface area contributed by atoms with Crippen molar-refractivity contribution in [3.8, 4) is 0 Å². The van der Waals surface area contributed by atoms with Crippen LogP contribution in [0.3, 0.4) is 0 Å². The fourth-order valence-corrected chi connectivity index (χ4v) is 1.52. The maximum Gasteiger partial charge on any atom is 0.263 e. The number of nitrogens with one attached hydrogen (secondary N) is 1. The third-order valence-corrected chi connectivity index (χ3v) is 1.96. The van der Waals surface area contributed by atoms with Crippen LogP contribution >= 0.6 is 22.6 Å². The quantitative estimate of drug-likeness (QED) is 0.497. The fraction of sp³-hybridized carbons (Fsp3) is 0.143. The molecule has 2 nitrogen and oxygen atoms in total. The van der Waals surface area contributed by atoms with Crippen LogP contribution in [0.15, 0.2) is 18.2 Å². The van der Waals surface area contributed by atoms with Gasteiger partial charge in [0.05, 0.1) is 0 Å². The van der Waals surface area contributed by atoms with E-state index in [0.717, 1.165) is 3.57 Å². The van der Waals surface area contributed by atoms with Crippen LogP contribution < -0.4 is 11.3 Å². The van der Waals surface area contributed by atoms with Crippen molar-refractivity contribution in [2.75, 3.05) is 5.43 Å². The van der Waals surface area contributed by atoms with E-state index in [-0.39, 0.29) is 5.56 Å². The lowest BCUT2D eigenvalue weighted by atomic mass is 10.2. The molecule has 12 heavy (non-hydrogen) atoms. The smallest absolute Gasteiger partial charge is 0.263 e. The Balaban J connectivity index is 3.06. The molecule has 3 N–H and O–H groups in total. The second kappa shape index (κ2) is 3.99. The highest BCUT2D eigenvalue weighted by Gasteiger charge is 2.08. The van der Waals surface area contributed by atoms with Crippen molar-refractivity contribution >= 4 is 28.3 Å². The van der Waals surface area contributed by atoms with Gasteiger partial charge in [-0.1, -0.05) is 0 Å². The minimum Gasteiger partial charge on any atom is -0.324 e. The van der Waals surface area contributed by atoms with Crippen molar-refractivity contribution in [3.05, 3.63) is 27.3 Å². The molecule has 5 heteroatoms. The molecule has 0 radical (unpaired) electrons. The SMILES string of the molecule is NNc1cc(I)cc(C(F)F)c1. The summed E-state index contributed by atoms with van der Waals surface area (Å²) in [4.78, 5) is 0. The topological polar surface area (TPSA) is 38.0 Å². The molecule has 0 saturated carbocycles. The third kappa shape index (κ3) is 2.28. The molecule has 0 saturated heterocycles. The molecule has 0 amide bonds. The molecular formula is C7H7F2IN2. The van der Waals surface area contributed by atoms with Gasteiger partial charge in [0, 0.05) is 14.8 Å². The van der Waals surface area contributed by atoms with Crippen LogP contribution in [0.5, 0.6) is 0 Å². The monoisotopic (exact) mass is 284 g/mol. The number of nitrogen functional groups attached to an aromatic ring is 1. The van der Waals surface area contributed by atoms with Crippen molar-refractivity contribution in [1.82, 2.24) is 0 Å². The Hall–Kier alpha value is -0.430. The van der Waals surface area contributed by atoms with Crippen LogP contribution in [0.2, 0.25) is 0 Å². The number of hydrogen-bond donors (Lipinski definition) is 2. The normalized spacial score (nSPS) is 10.4. The number of alkyl halides is 2. The summed E-state index contributed by atoms with van der Waals surface area (Å²) in [6, 6.07) is 4.44. The second-order valence-corrected chi connectivity index (χ2v) is 3.46. The predicted octanol–water partition coefficient (Wildman–Crippen LogP) is 2.51. The Labute approximate surface area is 82.2 Å². The van der Waals surface area contributed by atoms with Gasteiger partial charge in [0.15, 0.2) is 0 Å². The summed E-state index contributed by atoms with van der Waals surface area (Å²) in [6.45, 7) is 0. The number of rotatable bonds is 2. The molecule has 0 atom stereocenters. The lowest BCUT2D eigenvalue weighted by Crippen LogP contribution is -2.07. The average molecular weight is 284 g/mol. The number of halogens is 3. The summed E-state index contributed by atoms with van der Waals surface area (Å²) in [6.07, 6.45) is -2.45. The first-order valence-electron chi connectivity index (χ1n) is 3.18. The Bertz CT molecular complexity index is 278. The van der Waals surface area contributed by atoms with Gasteiger partial charge in [-0.2, -0.15) is 0 Å². The Kier molecular flexibility index (Phi) is 3.21. The lowest BCUT2D eigenvalue weighted by Gasteiger charge is -2.04. The van der Waals surface area contributed by atoms with E-state index in [9.17, 15) is 8.78 Å². The molecule has 0 unspecified atom stereocenters. The minimum absolute atomic E-state index is 0.0187. The number of hydrogen-bond acceptors (Lipinski definition) is 2. The van der Waals surface area contributed by atoms with Crippen molar-refractivity contribution in [1.29, 1.82) is 0 Å². The maximum absolute atomic E-state index is 12.2. The molecule has 0 spiro atoms. The molecule has 1 rings (SSSR count). The number of hydrazine groups is 1. The summed E-state index contributed by atoms with van der Waals surface area (Å²) in [5.41, 5.74) is 2.80. The van der Waals surface area contributed by atoms with Crippen molar-refractivity contribution in [2.24, 2.45) is 5.84 Å². The molecule has 0 bridgehead atoms. The van der Waals surface area contributed by atoms with Crippen LogP contribution in [0.1, 0.15) is 12.0 Å². The van der Waals surface area contributed by atoms with Gasteiger partial charge in [-0.3, -0.25) is 5.84 Å². The molecule has 0 aliphatic heterocycles. The molecule has 66 valence electrons. The minimum atomic E-state index is -2.45. The third-order valence-electron chi connectivity index (χ3n) is 1.34. The first-order chi connectivity index (χ1) is 5.63. The van der Waals surface area contributed by atoms with Crippen molar-refractivity contribution in [2.45, 2.75) is 6.43 Å². The zero-order chi connectivity index (χ0) is 9.14. The van der Waals surface area contributed by atoms with Gasteiger partial charge in [-0.15, -0.1) is 0 Å². The van der Waals surface area contributed by atoms with Crippen LogP contribution in [0, 0.1) is 3.57 Å². The van der Waals surface area contributed by atoms with Gasteiger partial charge in [-0.25, -0.2) is 8.78 Å². The molecule has 0 aromatic heterocycles. The van der Waals surface area contributed by atoms with Crippen LogP contribution in [0.25, 0.3) is 0 Å². The summed E-state index contributed by atoms with van der Waals surface area (Å²) in [7, 11) is 0. The van der Waals surface area contributed by atoms with Gasteiger partial charge in [0.25, 0.3) is 6.43 Å². The van der Waals surface area contributed by atoms with Crippen LogP contribution in [0.4, 0.5) is 14.5 Å². The Morgan fingerprint density at radius 2 is 2.00 bits per heavy atom. The maximum atomic E-state index is 12.2. The molecular weight excluding hydrogens is 277 g/mol. The standard InChI is InChI=1S/C7H7F2IN2/c8-7(9)4-1-5(10)3-6(2-4)12-11/h1-3,7,12H,11H2. The summed E-state index contributed by atoms with van der Waals surface area (Å²) in [5, 5.41) is 0. The summed E-state index contributed by atoms with van der Waals surface area (Å²) in [5.74, 6) is 5.09. The number of nitrogens with two attached hydrogens (primary N) is 1. The number of anilines is 1. The van der Waals surface area contributed by atoms with Crippen molar-refractivity contribution in [3.63, 3.8) is 0 Å². The van der Waals surface area contributed by atoms with Crippen LogP contribution in [-0.2, 0) is 0 Å². The van der Waals surface area contributed by atoms with E-state index in [2.05, 4.69) is 5.43 Å². The van der Waals surface area contributed by atoms with E-state index in [1.807, 2.05) is 22.6 Å². The van der Waals surface area contributed by atoms with Gasteiger partial charge in [0.2, 0.25) is 0 Å². The highest BCUT2D eigenvalue weighted by Crippen LogP contribution is 2.24. The lowest BCUT2D eigenvalue weighted by molar-refractivity contribution is 0.151. The van der Waals surface area contributed by atoms with Gasteiger partial charge in [-0.05, 0) is 40.8 Å². The Morgan fingerprint density at radius 1 is 1.33 bits per heavy atom. The van der Waals surface area contributed by atoms with E-state index in [1.54, 1.807) is 6.07 Å². The average Bonchev–Trinajstić information content (AvgIpc) is 2.03. The summed E-state index contributed by atoms with van der Waals surface area (Å²) < 4.78 is 25.1. The highest BCUT2D eigenvalue weighted by molar-refractivity contribution is 14.1. The molecule has 0 heterocycles. The molecule has 0 aliphatic carbocycles. The van der Waals surface area contributed by atoms with Gasteiger partial charge >= 0.3 is 0 Å². The zero-order valence-corrected chi connectivity index (χ0v) is 8.18. The second-order valence-electron chi connectivity index (χ2n) is 2.22. The molecule has 1 aromatic rings. The molecule has 0 fully saturated rings. The van der Waals surface area contributed by atoms with Crippen LogP contribution in [-0.4, -0.2) is 0 Å².